The summed E-state index contributed by atoms with van der Waals surface area (Å²) in [6.07, 6.45) is -0.458. The quantitative estimate of drug-likeness (QED) is 0.354. The van der Waals surface area contributed by atoms with E-state index in [0.29, 0.717) is 0 Å². The zero-order chi connectivity index (χ0) is 29.6. The number of carbonyl (C=O) groups is 3. The zero-order valence-electron chi connectivity index (χ0n) is 24.8. The van der Waals surface area contributed by atoms with E-state index in [-0.39, 0.29) is 12.3 Å². The summed E-state index contributed by atoms with van der Waals surface area (Å²) >= 11 is 0. The SMILES string of the molecule is Cc1cccc(C)c1NC(=O)C(c1c(C)cccc1C)N(C)C(=O)C(Cc1ccccc1)NC(=O)OC(C)(C)C. The third kappa shape index (κ3) is 7.72. The molecular weight excluding hydrogens is 502 g/mol. The van der Waals surface area contributed by atoms with Crippen molar-refractivity contribution in [3.05, 3.63) is 100 Å². The number of hydrogen-bond donors (Lipinski definition) is 2. The van der Waals surface area contributed by atoms with Gasteiger partial charge in [0.15, 0.2) is 0 Å². The molecule has 0 saturated heterocycles. The van der Waals surface area contributed by atoms with Crippen molar-refractivity contribution in [2.75, 3.05) is 12.4 Å². The average Bonchev–Trinajstić information content (AvgIpc) is 2.87. The van der Waals surface area contributed by atoms with Crippen LogP contribution in [0.15, 0.2) is 66.7 Å². The first kappa shape index (κ1) is 30.4. The Labute approximate surface area is 237 Å². The Morgan fingerprint density at radius 3 is 1.85 bits per heavy atom. The van der Waals surface area contributed by atoms with Gasteiger partial charge in [0.25, 0.3) is 5.91 Å². The standard InChI is InChI=1S/C33H41N3O4/c1-21-14-12-15-22(2)27(21)29(30(37)35-28-23(3)16-13-17-24(28)4)36(8)31(38)26(20-25-18-10-9-11-19-25)34-32(39)40-33(5,6)7/h9-19,26,29H,20H2,1-8H3,(H,34,39)(H,35,37). The van der Waals surface area contributed by atoms with E-state index < -0.39 is 29.7 Å². The van der Waals surface area contributed by atoms with Gasteiger partial charge in [0, 0.05) is 19.2 Å². The van der Waals surface area contributed by atoms with Gasteiger partial charge in [0.05, 0.1) is 0 Å². The predicted molar refractivity (Wildman–Crippen MR) is 159 cm³/mol. The van der Waals surface area contributed by atoms with E-state index in [1.165, 1.54) is 4.90 Å². The lowest BCUT2D eigenvalue weighted by molar-refractivity contribution is -0.139. The number of nitrogens with one attached hydrogen (secondary N) is 2. The molecule has 7 nitrogen and oxygen atoms in total. The lowest BCUT2D eigenvalue weighted by Crippen LogP contribution is -2.52. The van der Waals surface area contributed by atoms with E-state index in [1.54, 1.807) is 27.8 Å². The Hall–Kier alpha value is -4.13. The minimum absolute atomic E-state index is 0.237. The normalized spacial score (nSPS) is 12.7. The minimum Gasteiger partial charge on any atom is -0.444 e. The fourth-order valence-corrected chi connectivity index (χ4v) is 4.84. The van der Waals surface area contributed by atoms with E-state index >= 15 is 0 Å². The van der Waals surface area contributed by atoms with Crippen LogP contribution in [0, 0.1) is 27.7 Å². The Morgan fingerprint density at radius 1 is 0.800 bits per heavy atom. The molecule has 3 rings (SSSR count). The highest BCUT2D eigenvalue weighted by Gasteiger charge is 2.36. The van der Waals surface area contributed by atoms with Gasteiger partial charge in [-0.3, -0.25) is 9.59 Å². The maximum atomic E-state index is 14.2. The second-order valence-corrected chi connectivity index (χ2v) is 11.3. The number of aryl methyl sites for hydroxylation is 4. The molecule has 3 aromatic carbocycles. The van der Waals surface area contributed by atoms with Crippen molar-refractivity contribution in [2.24, 2.45) is 0 Å². The Morgan fingerprint density at radius 2 is 1.32 bits per heavy atom. The summed E-state index contributed by atoms with van der Waals surface area (Å²) < 4.78 is 5.47. The number of amides is 3. The van der Waals surface area contributed by atoms with Crippen molar-refractivity contribution >= 4 is 23.6 Å². The molecule has 0 aliphatic rings. The number of hydrogen-bond acceptors (Lipinski definition) is 4. The van der Waals surface area contributed by atoms with Crippen LogP contribution in [-0.4, -0.2) is 41.5 Å². The summed E-state index contributed by atoms with van der Waals surface area (Å²) in [5.74, 6) is -0.736. The zero-order valence-corrected chi connectivity index (χ0v) is 24.8. The molecule has 0 aliphatic heterocycles. The van der Waals surface area contributed by atoms with Gasteiger partial charge >= 0.3 is 6.09 Å². The third-order valence-corrected chi connectivity index (χ3v) is 6.80. The second kappa shape index (κ2) is 12.8. The molecule has 0 radical (unpaired) electrons. The number of para-hydroxylation sites is 1. The summed E-state index contributed by atoms with van der Waals surface area (Å²) in [5.41, 5.74) is 5.24. The van der Waals surface area contributed by atoms with Gasteiger partial charge in [-0.15, -0.1) is 0 Å². The number of alkyl carbamates (subject to hydrolysis) is 1. The monoisotopic (exact) mass is 543 g/mol. The van der Waals surface area contributed by atoms with E-state index in [0.717, 1.165) is 39.1 Å². The fourth-order valence-electron chi connectivity index (χ4n) is 4.84. The minimum atomic E-state index is -0.956. The smallest absolute Gasteiger partial charge is 0.408 e. The van der Waals surface area contributed by atoms with E-state index in [2.05, 4.69) is 10.6 Å². The van der Waals surface area contributed by atoms with Crippen molar-refractivity contribution < 1.29 is 19.1 Å². The largest absolute Gasteiger partial charge is 0.444 e. The summed E-state index contributed by atoms with van der Waals surface area (Å²) in [7, 11) is 1.61. The highest BCUT2D eigenvalue weighted by molar-refractivity contribution is 6.00. The van der Waals surface area contributed by atoms with Crippen LogP contribution in [0.25, 0.3) is 0 Å². The maximum absolute atomic E-state index is 14.2. The van der Waals surface area contributed by atoms with Crippen LogP contribution in [0.2, 0.25) is 0 Å². The van der Waals surface area contributed by atoms with Gasteiger partial charge in [-0.25, -0.2) is 4.79 Å². The molecule has 212 valence electrons. The molecule has 0 aliphatic carbocycles. The van der Waals surface area contributed by atoms with E-state index in [1.807, 2.05) is 94.4 Å². The molecule has 2 N–H and O–H groups in total. The lowest BCUT2D eigenvalue weighted by atomic mass is 9.93. The Bertz CT molecular complexity index is 1320. The van der Waals surface area contributed by atoms with Crippen LogP contribution in [-0.2, 0) is 20.7 Å². The van der Waals surface area contributed by atoms with E-state index in [4.69, 9.17) is 4.74 Å². The maximum Gasteiger partial charge on any atom is 0.408 e. The number of carbonyl (C=O) groups excluding carboxylic acids is 3. The Balaban J connectivity index is 2.03. The van der Waals surface area contributed by atoms with Crippen LogP contribution in [0.5, 0.6) is 0 Å². The van der Waals surface area contributed by atoms with Gasteiger partial charge in [-0.2, -0.15) is 0 Å². The summed E-state index contributed by atoms with van der Waals surface area (Å²) in [5, 5.41) is 5.84. The molecule has 0 spiro atoms. The molecule has 7 heteroatoms. The highest BCUT2D eigenvalue weighted by Crippen LogP contribution is 2.30. The number of ether oxygens (including phenoxy) is 1. The highest BCUT2D eigenvalue weighted by atomic mass is 16.6. The average molecular weight is 544 g/mol. The van der Waals surface area contributed by atoms with Crippen molar-refractivity contribution in [1.29, 1.82) is 0 Å². The number of anilines is 1. The van der Waals surface area contributed by atoms with Crippen LogP contribution < -0.4 is 10.6 Å². The fraction of sp³-hybridized carbons (Fsp3) is 0.364. The number of rotatable bonds is 8. The molecule has 0 fully saturated rings. The molecule has 0 heterocycles. The molecule has 0 aromatic heterocycles. The molecule has 2 atom stereocenters. The molecule has 40 heavy (non-hydrogen) atoms. The summed E-state index contributed by atoms with van der Waals surface area (Å²) in [4.78, 5) is 42.4. The first-order valence-electron chi connectivity index (χ1n) is 13.5. The van der Waals surface area contributed by atoms with Gasteiger partial charge < -0.3 is 20.3 Å². The summed E-state index contributed by atoms with van der Waals surface area (Å²) in [6, 6.07) is 19.2. The number of benzene rings is 3. The van der Waals surface area contributed by atoms with Crippen LogP contribution in [0.1, 0.15) is 60.2 Å². The number of nitrogens with zero attached hydrogens (tertiary/aromatic N) is 1. The Kier molecular flexibility index (Phi) is 9.74. The molecule has 2 unspecified atom stereocenters. The first-order chi connectivity index (χ1) is 18.8. The van der Waals surface area contributed by atoms with Gasteiger partial charge in [-0.1, -0.05) is 66.7 Å². The van der Waals surface area contributed by atoms with Crippen molar-refractivity contribution in [3.8, 4) is 0 Å². The van der Waals surface area contributed by atoms with Crippen LogP contribution in [0.4, 0.5) is 10.5 Å². The molecule has 3 amide bonds. The topological polar surface area (TPSA) is 87.7 Å². The van der Waals surface area contributed by atoms with Crippen molar-refractivity contribution in [1.82, 2.24) is 10.2 Å². The van der Waals surface area contributed by atoms with E-state index in [9.17, 15) is 14.4 Å². The van der Waals surface area contributed by atoms with Gasteiger partial charge in [0.2, 0.25) is 5.91 Å². The molecular formula is C33H41N3O4. The first-order valence-corrected chi connectivity index (χ1v) is 13.5. The van der Waals surface area contributed by atoms with Gasteiger partial charge in [0.1, 0.15) is 17.7 Å². The van der Waals surface area contributed by atoms with Crippen molar-refractivity contribution in [2.45, 2.75) is 72.6 Å². The van der Waals surface area contributed by atoms with Crippen molar-refractivity contribution in [3.63, 3.8) is 0 Å². The molecule has 0 bridgehead atoms. The molecule has 0 saturated carbocycles. The predicted octanol–water partition coefficient (Wildman–Crippen LogP) is 6.19. The van der Waals surface area contributed by atoms with Crippen LogP contribution in [0.3, 0.4) is 0 Å². The second-order valence-electron chi connectivity index (χ2n) is 11.3. The van der Waals surface area contributed by atoms with Crippen LogP contribution >= 0.6 is 0 Å². The summed E-state index contributed by atoms with van der Waals surface area (Å²) in [6.45, 7) is 13.0. The third-order valence-electron chi connectivity index (χ3n) is 6.80. The van der Waals surface area contributed by atoms with Gasteiger partial charge in [-0.05, 0) is 81.8 Å². The molecule has 3 aromatic rings. The lowest BCUT2D eigenvalue weighted by Gasteiger charge is -2.33. The number of likely N-dealkylation sites (N-methyl/N-ethyl adjacent to an activating group) is 1.